The predicted molar refractivity (Wildman–Crippen MR) is 116 cm³/mol. The molecule has 2 unspecified atom stereocenters. The molecule has 0 aliphatic carbocycles. The van der Waals surface area contributed by atoms with Gasteiger partial charge in [-0.05, 0) is 12.0 Å². The van der Waals surface area contributed by atoms with Gasteiger partial charge in [0.05, 0.1) is 25.8 Å². The van der Waals surface area contributed by atoms with Gasteiger partial charge in [-0.3, -0.25) is 10.2 Å². The molecule has 174 valence electrons. The largest absolute Gasteiger partial charge is 0.467 e. The minimum absolute atomic E-state index is 0.0170. The van der Waals surface area contributed by atoms with Crippen LogP contribution < -0.4 is 16.4 Å². The van der Waals surface area contributed by atoms with Gasteiger partial charge >= 0.3 is 12.1 Å². The number of unbranched alkanes of at least 4 members (excludes halogenated alkanes) is 1. The van der Waals surface area contributed by atoms with Crippen LogP contribution >= 0.6 is 0 Å². The number of carbonyl (C=O) groups is 3. The summed E-state index contributed by atoms with van der Waals surface area (Å²) in [5.41, 5.74) is 7.46. The number of ether oxygens (including phenoxy) is 2. The Labute approximate surface area is 186 Å². The summed E-state index contributed by atoms with van der Waals surface area (Å²) in [6.45, 7) is 2.04. The van der Waals surface area contributed by atoms with E-state index >= 15 is 0 Å². The van der Waals surface area contributed by atoms with Crippen LogP contribution in [0.25, 0.3) is 0 Å². The molecule has 0 aromatic heterocycles. The average Bonchev–Trinajstić information content (AvgIpc) is 3.24. The maximum atomic E-state index is 12.3. The predicted octanol–water partition coefficient (Wildman–Crippen LogP) is 1.36. The van der Waals surface area contributed by atoms with Gasteiger partial charge < -0.3 is 30.7 Å². The first-order chi connectivity index (χ1) is 15.3. The Morgan fingerprint density at radius 2 is 2.03 bits per heavy atom. The summed E-state index contributed by atoms with van der Waals surface area (Å²) in [6, 6.07) is 5.96. The first-order valence-electron chi connectivity index (χ1n) is 10.3. The topological polar surface area (TPSA) is 165 Å². The molecule has 1 aliphatic rings. The Kier molecular flexibility index (Phi) is 9.45. The third-order valence-corrected chi connectivity index (χ3v) is 4.70. The first kappa shape index (κ1) is 24.6. The Balaban J connectivity index is 1.81. The molecule has 11 nitrogen and oxygen atoms in total. The summed E-state index contributed by atoms with van der Waals surface area (Å²) in [5, 5.41) is 16.4. The Bertz CT molecular complexity index is 855. The van der Waals surface area contributed by atoms with Gasteiger partial charge in [-0.1, -0.05) is 42.8 Å². The number of alkyl carbamates (subject to hydrolysis) is 1. The minimum Gasteiger partial charge on any atom is -0.467 e. The second-order valence-electron chi connectivity index (χ2n) is 7.18. The number of nitrogen functional groups attached to an aromatic ring is 1. The van der Waals surface area contributed by atoms with Crippen LogP contribution in [0.1, 0.15) is 49.8 Å². The fourth-order valence-electron chi connectivity index (χ4n) is 2.88. The van der Waals surface area contributed by atoms with Gasteiger partial charge in [0.2, 0.25) is 5.91 Å². The number of carbonyl (C=O) groups excluding carboxylic acids is 3. The van der Waals surface area contributed by atoms with Crippen molar-refractivity contribution in [3.8, 4) is 0 Å². The lowest BCUT2D eigenvalue weighted by atomic mass is 10.0. The number of nitrogens with two attached hydrogens (primary N) is 1. The van der Waals surface area contributed by atoms with Crippen LogP contribution in [0.2, 0.25) is 0 Å². The molecule has 1 aromatic carbocycles. The van der Waals surface area contributed by atoms with Gasteiger partial charge in [-0.25, -0.2) is 9.59 Å². The van der Waals surface area contributed by atoms with Crippen molar-refractivity contribution in [3.05, 3.63) is 35.4 Å². The average molecular weight is 447 g/mol. The van der Waals surface area contributed by atoms with Crippen molar-refractivity contribution < 1.29 is 28.7 Å². The number of nitrogens with zero attached hydrogens (tertiary/aromatic N) is 1. The second-order valence-corrected chi connectivity index (χ2v) is 7.18. The highest BCUT2D eigenvalue weighted by atomic mass is 16.6. The van der Waals surface area contributed by atoms with E-state index in [0.717, 1.165) is 12.0 Å². The molecule has 1 aromatic rings. The number of rotatable bonds is 11. The number of nitrogens with one attached hydrogen (secondary N) is 3. The first-order valence-corrected chi connectivity index (χ1v) is 10.3. The maximum absolute atomic E-state index is 12.3. The molecule has 0 spiro atoms. The van der Waals surface area contributed by atoms with Crippen molar-refractivity contribution in [1.82, 2.24) is 10.6 Å². The summed E-state index contributed by atoms with van der Waals surface area (Å²) in [6.07, 6.45) is 0.893. The zero-order valence-electron chi connectivity index (χ0n) is 18.2. The lowest BCUT2D eigenvalue weighted by Crippen LogP contribution is -2.49. The van der Waals surface area contributed by atoms with E-state index in [2.05, 4.69) is 20.5 Å². The molecule has 1 heterocycles. The number of esters is 1. The Hall–Kier alpha value is -3.63. The molecular weight excluding hydrogens is 418 g/mol. The maximum Gasteiger partial charge on any atom is 0.407 e. The van der Waals surface area contributed by atoms with E-state index in [-0.39, 0.29) is 37.4 Å². The fraction of sp³-hybridized carbons (Fsp3) is 0.476. The highest BCUT2D eigenvalue weighted by Crippen LogP contribution is 2.28. The van der Waals surface area contributed by atoms with E-state index in [9.17, 15) is 14.4 Å². The molecule has 2 rings (SSSR count). The fourth-order valence-corrected chi connectivity index (χ4v) is 2.88. The number of hydrogen-bond acceptors (Lipinski definition) is 8. The number of oxime groups is 1. The van der Waals surface area contributed by atoms with Gasteiger partial charge in [-0.2, -0.15) is 0 Å². The van der Waals surface area contributed by atoms with Crippen LogP contribution in [-0.4, -0.2) is 55.8 Å². The van der Waals surface area contributed by atoms with Crippen molar-refractivity contribution in [2.75, 3.05) is 20.3 Å². The van der Waals surface area contributed by atoms with E-state index in [1.54, 1.807) is 24.3 Å². The molecule has 1 aliphatic heterocycles. The van der Waals surface area contributed by atoms with Gasteiger partial charge in [0.1, 0.15) is 11.9 Å². The quantitative estimate of drug-likeness (QED) is 0.172. The normalized spacial score (nSPS) is 15.7. The molecule has 0 fully saturated rings. The van der Waals surface area contributed by atoms with E-state index in [1.807, 2.05) is 6.92 Å². The summed E-state index contributed by atoms with van der Waals surface area (Å²) in [7, 11) is 1.19. The number of benzene rings is 1. The van der Waals surface area contributed by atoms with Crippen LogP contribution in [0, 0.1) is 5.41 Å². The van der Waals surface area contributed by atoms with Crippen molar-refractivity contribution in [2.24, 2.45) is 10.9 Å². The van der Waals surface area contributed by atoms with Gasteiger partial charge in [0.15, 0.2) is 6.10 Å². The molecule has 32 heavy (non-hydrogen) atoms. The van der Waals surface area contributed by atoms with E-state index in [4.69, 9.17) is 20.7 Å². The van der Waals surface area contributed by atoms with Crippen LogP contribution in [-0.2, 0) is 23.9 Å². The third-order valence-electron chi connectivity index (χ3n) is 4.70. The molecule has 2 atom stereocenters. The summed E-state index contributed by atoms with van der Waals surface area (Å²) in [5.74, 6) is -1.10. The standard InChI is InChI=1S/C21H29N5O6/c1-3-4-9-31-21(29)25-16(20(28)30-2)12-24-18(27)11-15-10-17(32-26-15)13-5-7-14(8-6-13)19(22)23/h5-8,16-17H,3-4,9-12H2,1-2H3,(H3,22,23)(H,24,27)(H,25,29). The van der Waals surface area contributed by atoms with Crippen LogP contribution in [0.3, 0.4) is 0 Å². The molecule has 2 amide bonds. The smallest absolute Gasteiger partial charge is 0.407 e. The molecular formula is C21H29N5O6. The number of hydrogen-bond donors (Lipinski definition) is 4. The minimum atomic E-state index is -1.08. The lowest BCUT2D eigenvalue weighted by molar-refractivity contribution is -0.142. The zero-order valence-corrected chi connectivity index (χ0v) is 18.2. The van der Waals surface area contributed by atoms with E-state index in [1.165, 1.54) is 7.11 Å². The van der Waals surface area contributed by atoms with Gasteiger partial charge in [0.25, 0.3) is 0 Å². The molecule has 0 radical (unpaired) electrons. The highest BCUT2D eigenvalue weighted by Gasteiger charge is 2.26. The summed E-state index contributed by atoms with van der Waals surface area (Å²) < 4.78 is 9.64. The third kappa shape index (κ3) is 7.56. The SMILES string of the molecule is CCCCOC(=O)NC(CNC(=O)CC1=NOC(c2ccc(C(=N)N)cc2)C1)C(=O)OC. The zero-order chi connectivity index (χ0) is 23.5. The second kappa shape index (κ2) is 12.3. The van der Waals surface area contributed by atoms with Crippen LogP contribution in [0.15, 0.2) is 29.4 Å². The highest BCUT2D eigenvalue weighted by molar-refractivity contribution is 6.01. The Morgan fingerprint density at radius 3 is 2.66 bits per heavy atom. The molecule has 0 saturated carbocycles. The molecule has 11 heteroatoms. The number of amides is 2. The van der Waals surface area contributed by atoms with Crippen molar-refractivity contribution >= 4 is 29.5 Å². The molecule has 0 saturated heterocycles. The van der Waals surface area contributed by atoms with Crippen LogP contribution in [0.5, 0.6) is 0 Å². The van der Waals surface area contributed by atoms with E-state index < -0.39 is 18.1 Å². The summed E-state index contributed by atoms with van der Waals surface area (Å²) in [4.78, 5) is 41.4. The Morgan fingerprint density at radius 1 is 1.31 bits per heavy atom. The van der Waals surface area contributed by atoms with Gasteiger partial charge in [-0.15, -0.1) is 0 Å². The van der Waals surface area contributed by atoms with Gasteiger partial charge in [0, 0.05) is 18.5 Å². The van der Waals surface area contributed by atoms with Crippen molar-refractivity contribution in [2.45, 2.75) is 44.8 Å². The number of amidine groups is 1. The molecule has 0 bridgehead atoms. The molecule has 5 N–H and O–H groups in total. The number of methoxy groups -OCH3 is 1. The van der Waals surface area contributed by atoms with Crippen molar-refractivity contribution in [3.63, 3.8) is 0 Å². The monoisotopic (exact) mass is 447 g/mol. The van der Waals surface area contributed by atoms with Crippen LogP contribution in [0.4, 0.5) is 4.79 Å². The van der Waals surface area contributed by atoms with Crippen molar-refractivity contribution in [1.29, 1.82) is 5.41 Å². The summed E-state index contributed by atoms with van der Waals surface area (Å²) >= 11 is 0. The van der Waals surface area contributed by atoms with E-state index in [0.29, 0.717) is 24.1 Å². The lowest BCUT2D eigenvalue weighted by Gasteiger charge is -2.17.